The van der Waals surface area contributed by atoms with Crippen molar-refractivity contribution in [1.82, 2.24) is 15.5 Å². The van der Waals surface area contributed by atoms with Crippen molar-refractivity contribution in [2.75, 3.05) is 52.5 Å². The number of rotatable bonds is 13. The molecule has 0 aromatic heterocycles. The van der Waals surface area contributed by atoms with Crippen LogP contribution in [0, 0.1) is 0 Å². The lowest BCUT2D eigenvalue weighted by molar-refractivity contribution is 0.130. The quantitative estimate of drug-likeness (QED) is 0.311. The first-order valence-electron chi connectivity index (χ1n) is 8.60. The van der Waals surface area contributed by atoms with Crippen LogP contribution >= 0.6 is 0 Å². The minimum absolute atomic E-state index is 0.808. The van der Waals surface area contributed by atoms with E-state index in [4.69, 9.17) is 4.74 Å². The van der Waals surface area contributed by atoms with Crippen molar-refractivity contribution in [1.29, 1.82) is 0 Å². The van der Waals surface area contributed by atoms with E-state index in [1.54, 1.807) is 0 Å². The van der Waals surface area contributed by atoms with Crippen LogP contribution in [0.3, 0.4) is 0 Å². The number of aliphatic imine (C=N–C) groups is 1. The van der Waals surface area contributed by atoms with Gasteiger partial charge in [-0.05, 0) is 32.9 Å². The summed E-state index contributed by atoms with van der Waals surface area (Å²) < 4.78 is 5.54. The first-order chi connectivity index (χ1) is 10.3. The molecule has 0 saturated heterocycles. The minimum atomic E-state index is 0.808. The molecule has 0 atom stereocenters. The molecule has 21 heavy (non-hydrogen) atoms. The highest BCUT2D eigenvalue weighted by Gasteiger charge is 2.00. The maximum Gasteiger partial charge on any atom is 0.191 e. The number of ether oxygens (including phenoxy) is 1. The van der Waals surface area contributed by atoms with Crippen molar-refractivity contribution in [2.24, 2.45) is 4.99 Å². The summed E-state index contributed by atoms with van der Waals surface area (Å²) in [7, 11) is 0. The Morgan fingerprint density at radius 3 is 2.33 bits per heavy atom. The number of guanidine groups is 1. The zero-order valence-electron chi connectivity index (χ0n) is 14.6. The SMILES string of the molecule is CCCCOCCCN=C(NCC)NCCN(CC)CC. The Morgan fingerprint density at radius 1 is 1.00 bits per heavy atom. The minimum Gasteiger partial charge on any atom is -0.381 e. The predicted octanol–water partition coefficient (Wildman–Crippen LogP) is 2.09. The van der Waals surface area contributed by atoms with Gasteiger partial charge in [0.15, 0.2) is 5.96 Å². The monoisotopic (exact) mass is 300 g/mol. The van der Waals surface area contributed by atoms with Crippen molar-refractivity contribution >= 4 is 5.96 Å². The van der Waals surface area contributed by atoms with E-state index < -0.39 is 0 Å². The Kier molecular flexibility index (Phi) is 15.0. The van der Waals surface area contributed by atoms with Crippen LogP contribution in [0.2, 0.25) is 0 Å². The van der Waals surface area contributed by atoms with Gasteiger partial charge in [0.05, 0.1) is 0 Å². The molecule has 5 nitrogen and oxygen atoms in total. The van der Waals surface area contributed by atoms with Crippen LogP contribution < -0.4 is 10.6 Å². The summed E-state index contributed by atoms with van der Waals surface area (Å²) in [6, 6.07) is 0. The Bertz CT molecular complexity index is 242. The van der Waals surface area contributed by atoms with Crippen LogP contribution in [0.4, 0.5) is 0 Å². The molecule has 0 aliphatic carbocycles. The summed E-state index contributed by atoms with van der Waals surface area (Å²) in [6.07, 6.45) is 3.33. The number of unbranched alkanes of at least 4 members (excludes halogenated alkanes) is 1. The van der Waals surface area contributed by atoms with Gasteiger partial charge in [-0.2, -0.15) is 0 Å². The number of hydrogen-bond acceptors (Lipinski definition) is 3. The molecule has 5 heteroatoms. The molecule has 0 fully saturated rings. The molecule has 0 rings (SSSR count). The van der Waals surface area contributed by atoms with Gasteiger partial charge in [0.1, 0.15) is 0 Å². The fourth-order valence-electron chi connectivity index (χ4n) is 1.92. The topological polar surface area (TPSA) is 48.9 Å². The van der Waals surface area contributed by atoms with Crippen LogP contribution in [0.1, 0.15) is 47.0 Å². The number of hydrogen-bond donors (Lipinski definition) is 2. The smallest absolute Gasteiger partial charge is 0.191 e. The number of nitrogens with one attached hydrogen (secondary N) is 2. The van der Waals surface area contributed by atoms with Gasteiger partial charge in [0.25, 0.3) is 0 Å². The molecule has 0 bridgehead atoms. The lowest BCUT2D eigenvalue weighted by Crippen LogP contribution is -2.41. The summed E-state index contributed by atoms with van der Waals surface area (Å²) in [5.41, 5.74) is 0. The molecular weight excluding hydrogens is 264 g/mol. The lowest BCUT2D eigenvalue weighted by Gasteiger charge is -2.19. The van der Waals surface area contributed by atoms with E-state index in [9.17, 15) is 0 Å². The normalized spacial score (nSPS) is 12.0. The summed E-state index contributed by atoms with van der Waals surface area (Å²) in [5.74, 6) is 0.915. The van der Waals surface area contributed by atoms with Gasteiger partial charge < -0.3 is 20.3 Å². The zero-order chi connectivity index (χ0) is 15.8. The fourth-order valence-corrected chi connectivity index (χ4v) is 1.92. The highest BCUT2D eigenvalue weighted by molar-refractivity contribution is 5.79. The number of likely N-dealkylation sites (N-methyl/N-ethyl adjacent to an activating group) is 1. The standard InChI is InChI=1S/C16H36N4O/c1-5-9-14-21-15-10-11-18-16(17-6-2)19-12-13-20(7-3)8-4/h5-15H2,1-4H3,(H2,17,18,19). The molecule has 0 aromatic carbocycles. The van der Waals surface area contributed by atoms with Crippen LogP contribution in [0.5, 0.6) is 0 Å². The highest BCUT2D eigenvalue weighted by Crippen LogP contribution is 1.90. The Morgan fingerprint density at radius 2 is 1.71 bits per heavy atom. The van der Waals surface area contributed by atoms with Gasteiger partial charge in [0.2, 0.25) is 0 Å². The lowest BCUT2D eigenvalue weighted by atomic mass is 10.4. The average molecular weight is 300 g/mol. The average Bonchev–Trinajstić information content (AvgIpc) is 2.50. The summed E-state index contributed by atoms with van der Waals surface area (Å²) in [4.78, 5) is 6.98. The third kappa shape index (κ3) is 12.6. The maximum atomic E-state index is 5.54. The molecule has 0 unspecified atom stereocenters. The molecule has 0 aromatic rings. The van der Waals surface area contributed by atoms with E-state index in [1.165, 1.54) is 6.42 Å². The molecule has 0 aliphatic rings. The first kappa shape index (κ1) is 20.2. The van der Waals surface area contributed by atoms with Gasteiger partial charge >= 0.3 is 0 Å². The van der Waals surface area contributed by atoms with Crippen LogP contribution in [-0.2, 0) is 4.74 Å². The Labute approximate surface area is 131 Å². The third-order valence-corrected chi connectivity index (χ3v) is 3.32. The van der Waals surface area contributed by atoms with E-state index in [1.807, 2.05) is 0 Å². The Hall–Kier alpha value is -0.810. The van der Waals surface area contributed by atoms with Gasteiger partial charge in [-0.1, -0.05) is 27.2 Å². The van der Waals surface area contributed by atoms with Gasteiger partial charge in [-0.15, -0.1) is 0 Å². The van der Waals surface area contributed by atoms with Crippen LogP contribution in [0.15, 0.2) is 4.99 Å². The van der Waals surface area contributed by atoms with E-state index in [0.717, 1.165) is 71.3 Å². The highest BCUT2D eigenvalue weighted by atomic mass is 16.5. The largest absolute Gasteiger partial charge is 0.381 e. The number of nitrogens with zero attached hydrogens (tertiary/aromatic N) is 2. The van der Waals surface area contributed by atoms with Crippen molar-refractivity contribution in [2.45, 2.75) is 47.0 Å². The van der Waals surface area contributed by atoms with Crippen molar-refractivity contribution in [3.8, 4) is 0 Å². The van der Waals surface area contributed by atoms with Gasteiger partial charge in [-0.25, -0.2) is 0 Å². The second-order valence-electron chi connectivity index (χ2n) is 5.03. The maximum absolute atomic E-state index is 5.54. The zero-order valence-corrected chi connectivity index (χ0v) is 14.6. The summed E-state index contributed by atoms with van der Waals surface area (Å²) >= 11 is 0. The van der Waals surface area contributed by atoms with Crippen molar-refractivity contribution < 1.29 is 4.74 Å². The van der Waals surface area contributed by atoms with Crippen molar-refractivity contribution in [3.05, 3.63) is 0 Å². The van der Waals surface area contributed by atoms with Crippen LogP contribution in [-0.4, -0.2) is 63.3 Å². The summed E-state index contributed by atoms with van der Waals surface area (Å²) in [6.45, 7) is 16.2. The third-order valence-electron chi connectivity index (χ3n) is 3.32. The van der Waals surface area contributed by atoms with E-state index in [0.29, 0.717) is 0 Å². The fraction of sp³-hybridized carbons (Fsp3) is 0.938. The molecule has 126 valence electrons. The molecule has 0 aliphatic heterocycles. The van der Waals surface area contributed by atoms with E-state index in [2.05, 4.69) is 48.2 Å². The summed E-state index contributed by atoms with van der Waals surface area (Å²) in [5, 5.41) is 6.67. The second kappa shape index (κ2) is 15.6. The first-order valence-corrected chi connectivity index (χ1v) is 8.60. The van der Waals surface area contributed by atoms with E-state index in [-0.39, 0.29) is 0 Å². The Balaban J connectivity index is 3.80. The predicted molar refractivity (Wildman–Crippen MR) is 92.1 cm³/mol. The molecular formula is C16H36N4O. The molecule has 0 saturated carbocycles. The molecule has 0 spiro atoms. The van der Waals surface area contributed by atoms with E-state index >= 15 is 0 Å². The molecule has 0 amide bonds. The van der Waals surface area contributed by atoms with Gasteiger partial charge in [0, 0.05) is 39.4 Å². The molecule has 0 radical (unpaired) electrons. The molecule has 0 heterocycles. The van der Waals surface area contributed by atoms with Crippen molar-refractivity contribution in [3.63, 3.8) is 0 Å². The van der Waals surface area contributed by atoms with Gasteiger partial charge in [-0.3, -0.25) is 4.99 Å². The second-order valence-corrected chi connectivity index (χ2v) is 5.03. The van der Waals surface area contributed by atoms with Crippen LogP contribution in [0.25, 0.3) is 0 Å². The molecule has 2 N–H and O–H groups in total.